The third-order valence-corrected chi connectivity index (χ3v) is 6.58. The van der Waals surface area contributed by atoms with Crippen LogP contribution in [0.2, 0.25) is 0 Å². The largest absolute Gasteiger partial charge is 0.493 e. The third-order valence-electron chi connectivity index (χ3n) is 6.58. The van der Waals surface area contributed by atoms with Gasteiger partial charge in [-0.3, -0.25) is 14.5 Å². The lowest BCUT2D eigenvalue weighted by Gasteiger charge is -2.25. The Hall–Kier alpha value is -3.26. The van der Waals surface area contributed by atoms with Crippen LogP contribution in [0.25, 0.3) is 0 Å². The molecule has 0 bridgehead atoms. The van der Waals surface area contributed by atoms with Crippen LogP contribution in [0.4, 0.5) is 5.69 Å². The second-order valence-electron chi connectivity index (χ2n) is 8.73. The van der Waals surface area contributed by atoms with Crippen molar-refractivity contribution in [2.24, 2.45) is 5.92 Å². The number of amides is 2. The summed E-state index contributed by atoms with van der Waals surface area (Å²) in [4.78, 5) is 32.2. The average molecular weight is 468 g/mol. The molecule has 2 aromatic rings. The van der Waals surface area contributed by atoms with E-state index in [1.807, 2.05) is 11.0 Å². The topological polar surface area (TPSA) is 71.6 Å². The van der Waals surface area contributed by atoms with Crippen molar-refractivity contribution in [3.8, 4) is 17.2 Å². The number of benzene rings is 2. The quantitative estimate of drug-likeness (QED) is 0.624. The Balaban J connectivity index is 1.41. The van der Waals surface area contributed by atoms with Gasteiger partial charge in [0.05, 0.1) is 32.9 Å². The summed E-state index contributed by atoms with van der Waals surface area (Å²) < 4.78 is 16.2. The van der Waals surface area contributed by atoms with E-state index in [9.17, 15) is 9.59 Å². The molecule has 2 amide bonds. The minimum Gasteiger partial charge on any atom is -0.493 e. The van der Waals surface area contributed by atoms with Crippen molar-refractivity contribution in [1.29, 1.82) is 0 Å². The molecule has 8 heteroatoms. The molecule has 4 rings (SSSR count). The normalized spacial score (nSPS) is 19.1. The highest BCUT2D eigenvalue weighted by Gasteiger charge is 2.38. The molecule has 34 heavy (non-hydrogen) atoms. The molecule has 1 atom stereocenters. The van der Waals surface area contributed by atoms with Crippen LogP contribution < -0.4 is 19.1 Å². The van der Waals surface area contributed by atoms with Crippen molar-refractivity contribution in [1.82, 2.24) is 9.80 Å². The first-order valence-corrected chi connectivity index (χ1v) is 11.7. The zero-order chi connectivity index (χ0) is 24.1. The number of ether oxygens (including phenoxy) is 3. The lowest BCUT2D eigenvalue weighted by molar-refractivity contribution is -0.135. The Labute approximate surface area is 201 Å². The van der Waals surface area contributed by atoms with Crippen LogP contribution in [-0.2, 0) is 16.1 Å². The minimum atomic E-state index is -0.354. The van der Waals surface area contributed by atoms with Crippen LogP contribution in [0.1, 0.15) is 18.4 Å². The highest BCUT2D eigenvalue weighted by molar-refractivity contribution is 6.00. The van der Waals surface area contributed by atoms with Gasteiger partial charge in [0.25, 0.3) is 0 Å². The third kappa shape index (κ3) is 5.12. The molecule has 2 aromatic carbocycles. The Kier molecular flexibility index (Phi) is 7.57. The zero-order valence-corrected chi connectivity index (χ0v) is 20.2. The van der Waals surface area contributed by atoms with Crippen LogP contribution in [0.5, 0.6) is 17.2 Å². The summed E-state index contributed by atoms with van der Waals surface area (Å²) >= 11 is 0. The molecule has 0 spiro atoms. The van der Waals surface area contributed by atoms with Gasteiger partial charge < -0.3 is 24.0 Å². The predicted octanol–water partition coefficient (Wildman–Crippen LogP) is 2.80. The van der Waals surface area contributed by atoms with E-state index >= 15 is 0 Å². The van der Waals surface area contributed by atoms with Crippen LogP contribution in [0.15, 0.2) is 42.5 Å². The number of hydrogen-bond donors (Lipinski definition) is 0. The van der Waals surface area contributed by atoms with Crippen LogP contribution >= 0.6 is 0 Å². The van der Waals surface area contributed by atoms with Gasteiger partial charge in [0.1, 0.15) is 0 Å². The van der Waals surface area contributed by atoms with Crippen molar-refractivity contribution < 1.29 is 23.8 Å². The number of carbonyl (C=O) groups is 2. The molecule has 0 N–H and O–H groups in total. The van der Waals surface area contributed by atoms with E-state index < -0.39 is 0 Å². The van der Waals surface area contributed by atoms with Gasteiger partial charge >= 0.3 is 0 Å². The first kappa shape index (κ1) is 23.9. The number of nitrogens with zero attached hydrogens (tertiary/aromatic N) is 3. The average Bonchev–Trinajstić information content (AvgIpc) is 3.10. The molecule has 2 heterocycles. The van der Waals surface area contributed by atoms with E-state index in [1.165, 1.54) is 12.7 Å². The van der Waals surface area contributed by atoms with E-state index in [1.54, 1.807) is 31.3 Å². The fourth-order valence-corrected chi connectivity index (χ4v) is 4.79. The van der Waals surface area contributed by atoms with Gasteiger partial charge in [0, 0.05) is 57.8 Å². The van der Waals surface area contributed by atoms with Crippen LogP contribution in [0, 0.1) is 5.92 Å². The number of methoxy groups -OCH3 is 3. The number of carbonyl (C=O) groups excluding carboxylic acids is 2. The molecule has 2 saturated heterocycles. The van der Waals surface area contributed by atoms with Crippen LogP contribution in [0.3, 0.4) is 0 Å². The first-order valence-electron chi connectivity index (χ1n) is 11.7. The maximum absolute atomic E-state index is 13.3. The Bertz CT molecular complexity index is 988. The zero-order valence-electron chi connectivity index (χ0n) is 20.2. The molecule has 182 valence electrons. The highest BCUT2D eigenvalue weighted by Crippen LogP contribution is 2.42. The molecule has 2 fully saturated rings. The standard InChI is InChI=1S/C26H33N3O5/c1-32-22-15-21(16-23(33-2)25(22)34-3)29-18-20(14-24(29)30)26(31)28-11-7-10-27(12-13-28)17-19-8-5-4-6-9-19/h4-6,8-9,15-16,20H,7,10-14,17-18H2,1-3H3. The summed E-state index contributed by atoms with van der Waals surface area (Å²) in [7, 11) is 4.62. The van der Waals surface area contributed by atoms with Gasteiger partial charge in [-0.25, -0.2) is 0 Å². The summed E-state index contributed by atoms with van der Waals surface area (Å²) in [6.45, 7) is 4.43. The van der Waals surface area contributed by atoms with Crippen LogP contribution in [-0.4, -0.2) is 75.7 Å². The summed E-state index contributed by atoms with van der Waals surface area (Å²) in [5.74, 6) is 1.05. The molecule has 1 unspecified atom stereocenters. The van der Waals surface area contributed by atoms with Gasteiger partial charge in [-0.2, -0.15) is 0 Å². The minimum absolute atomic E-state index is 0.0600. The molecule has 2 aliphatic rings. The van der Waals surface area contributed by atoms with E-state index in [4.69, 9.17) is 14.2 Å². The second-order valence-corrected chi connectivity index (χ2v) is 8.73. The lowest BCUT2D eigenvalue weighted by atomic mass is 10.1. The highest BCUT2D eigenvalue weighted by atomic mass is 16.5. The lowest BCUT2D eigenvalue weighted by Crippen LogP contribution is -2.39. The molecular formula is C26H33N3O5. The summed E-state index contributed by atoms with van der Waals surface area (Å²) in [5, 5.41) is 0. The molecular weight excluding hydrogens is 434 g/mol. The van der Waals surface area contributed by atoms with Gasteiger partial charge in [-0.1, -0.05) is 30.3 Å². The molecule has 0 aliphatic carbocycles. The molecule has 0 radical (unpaired) electrons. The van der Waals surface area contributed by atoms with E-state index in [-0.39, 0.29) is 24.2 Å². The molecule has 8 nitrogen and oxygen atoms in total. The molecule has 0 saturated carbocycles. The van der Waals surface area contributed by atoms with Gasteiger partial charge in [0.2, 0.25) is 17.6 Å². The predicted molar refractivity (Wildman–Crippen MR) is 129 cm³/mol. The molecule has 2 aliphatic heterocycles. The Morgan fingerprint density at radius 2 is 1.65 bits per heavy atom. The van der Waals surface area contributed by atoms with Crippen molar-refractivity contribution in [2.45, 2.75) is 19.4 Å². The fourth-order valence-electron chi connectivity index (χ4n) is 4.79. The van der Waals surface area contributed by atoms with Crippen molar-refractivity contribution in [2.75, 3.05) is 59.0 Å². The SMILES string of the molecule is COc1cc(N2CC(C(=O)N3CCCN(Cc4ccccc4)CC3)CC2=O)cc(OC)c1OC. The number of anilines is 1. The maximum Gasteiger partial charge on any atom is 0.228 e. The second kappa shape index (κ2) is 10.8. The Morgan fingerprint density at radius 3 is 2.29 bits per heavy atom. The smallest absolute Gasteiger partial charge is 0.228 e. The maximum atomic E-state index is 13.3. The van der Waals surface area contributed by atoms with Gasteiger partial charge in [-0.05, 0) is 12.0 Å². The van der Waals surface area contributed by atoms with E-state index in [0.717, 1.165) is 32.6 Å². The fraction of sp³-hybridized carbons (Fsp3) is 0.462. The summed E-state index contributed by atoms with van der Waals surface area (Å²) in [6, 6.07) is 13.9. The number of rotatable bonds is 7. The van der Waals surface area contributed by atoms with E-state index in [0.29, 0.717) is 36.0 Å². The van der Waals surface area contributed by atoms with Crippen molar-refractivity contribution >= 4 is 17.5 Å². The number of hydrogen-bond acceptors (Lipinski definition) is 6. The Morgan fingerprint density at radius 1 is 0.941 bits per heavy atom. The van der Waals surface area contributed by atoms with Crippen molar-refractivity contribution in [3.05, 3.63) is 48.0 Å². The first-order chi connectivity index (χ1) is 16.5. The summed E-state index contributed by atoms with van der Waals surface area (Å²) in [6.07, 6.45) is 1.13. The van der Waals surface area contributed by atoms with E-state index in [2.05, 4.69) is 29.2 Å². The van der Waals surface area contributed by atoms with Crippen molar-refractivity contribution in [3.63, 3.8) is 0 Å². The molecule has 0 aromatic heterocycles. The van der Waals surface area contributed by atoms with Gasteiger partial charge in [0.15, 0.2) is 11.5 Å². The monoisotopic (exact) mass is 467 g/mol. The summed E-state index contributed by atoms with van der Waals surface area (Å²) in [5.41, 5.74) is 1.92. The van der Waals surface area contributed by atoms with Gasteiger partial charge in [-0.15, -0.1) is 0 Å².